The molecule has 0 spiro atoms. The topological polar surface area (TPSA) is 71.5 Å². The van der Waals surface area contributed by atoms with E-state index in [9.17, 15) is 0 Å². The van der Waals surface area contributed by atoms with Crippen molar-refractivity contribution in [2.24, 2.45) is 5.73 Å². The zero-order chi connectivity index (χ0) is 19.8. The number of nitriles is 1. The summed E-state index contributed by atoms with van der Waals surface area (Å²) in [5.41, 5.74) is 6.15. The number of hydrogen-bond acceptors (Lipinski definition) is 5. The largest absolute Gasteiger partial charge is 0.525 e. The van der Waals surface area contributed by atoms with Crippen LogP contribution in [0.25, 0.3) is 5.57 Å². The maximum absolute atomic E-state index is 15.6. The van der Waals surface area contributed by atoms with Gasteiger partial charge in [0.15, 0.2) is 0 Å². The lowest BCUT2D eigenvalue weighted by Crippen LogP contribution is -2.41. The van der Waals surface area contributed by atoms with Crippen LogP contribution >= 0.6 is 0 Å². The zero-order valence-electron chi connectivity index (χ0n) is 16.5. The molecule has 2 aliphatic rings. The molecular formula is C20H27BFN3O2. The summed E-state index contributed by atoms with van der Waals surface area (Å²) in [4.78, 5) is 2.14. The first-order valence-electron chi connectivity index (χ1n) is 9.35. The summed E-state index contributed by atoms with van der Waals surface area (Å²) in [6, 6.07) is 9.15. The van der Waals surface area contributed by atoms with Gasteiger partial charge in [-0.3, -0.25) is 4.90 Å². The van der Waals surface area contributed by atoms with Gasteiger partial charge in [-0.25, -0.2) is 4.39 Å². The van der Waals surface area contributed by atoms with Gasteiger partial charge in [-0.05, 0) is 51.8 Å². The molecule has 0 radical (unpaired) electrons. The lowest BCUT2D eigenvalue weighted by molar-refractivity contribution is 0.00578. The molecule has 5 nitrogen and oxygen atoms in total. The normalized spacial score (nSPS) is 25.4. The number of hydrogen-bond donors (Lipinski definition) is 1. The van der Waals surface area contributed by atoms with E-state index in [1.54, 1.807) is 24.3 Å². The van der Waals surface area contributed by atoms with Gasteiger partial charge in [-0.2, -0.15) is 5.26 Å². The van der Waals surface area contributed by atoms with Crippen molar-refractivity contribution in [2.45, 2.75) is 51.4 Å². The Morgan fingerprint density at radius 3 is 2.33 bits per heavy atom. The number of likely N-dealkylation sites (tertiary alicyclic amines) is 1. The Balaban J connectivity index is 1.95. The predicted molar refractivity (Wildman–Crippen MR) is 104 cm³/mol. The third-order valence-corrected chi connectivity index (χ3v) is 5.80. The van der Waals surface area contributed by atoms with Crippen LogP contribution in [0.3, 0.4) is 0 Å². The average Bonchev–Trinajstić information content (AvgIpc) is 3.12. The van der Waals surface area contributed by atoms with Crippen LogP contribution in [0.5, 0.6) is 0 Å². The molecule has 3 rings (SSSR count). The summed E-state index contributed by atoms with van der Waals surface area (Å²) in [6.07, 6.45) is 0.902. The first kappa shape index (κ1) is 20.0. The van der Waals surface area contributed by atoms with E-state index in [1.165, 1.54) is 0 Å². The highest BCUT2D eigenvalue weighted by molar-refractivity contribution is 6.55. The quantitative estimate of drug-likeness (QED) is 0.824. The molecule has 0 aliphatic carbocycles. The third-order valence-electron chi connectivity index (χ3n) is 5.80. The SMILES string of the molecule is CC1(C)OB(C(F)=C(CN2CCC(N)C2)c2ccc(C#N)cc2)OC1(C)C. The lowest BCUT2D eigenvalue weighted by atomic mass is 9.82. The van der Waals surface area contributed by atoms with Gasteiger partial charge in [-0.15, -0.1) is 0 Å². The van der Waals surface area contributed by atoms with Crippen LogP contribution in [0.15, 0.2) is 30.0 Å². The number of nitrogens with two attached hydrogens (primary N) is 1. The fourth-order valence-electron chi connectivity index (χ4n) is 3.37. The molecule has 1 atom stereocenters. The first-order chi connectivity index (χ1) is 12.6. The standard InChI is InChI=1S/C20H27BFN3O2/c1-19(2)20(3,4)27-21(26-19)18(22)17(13-25-10-9-16(24)12-25)15-7-5-14(11-23)6-8-15/h5-8,16H,9-10,12-13,24H2,1-4H3. The fraction of sp³-hybridized carbons (Fsp3) is 0.550. The predicted octanol–water partition coefficient (Wildman–Crippen LogP) is 2.90. The van der Waals surface area contributed by atoms with E-state index in [2.05, 4.69) is 11.0 Å². The van der Waals surface area contributed by atoms with Gasteiger partial charge < -0.3 is 15.0 Å². The van der Waals surface area contributed by atoms with Gasteiger partial charge in [0.1, 0.15) is 5.73 Å². The number of benzene rings is 1. The van der Waals surface area contributed by atoms with Gasteiger partial charge in [0.25, 0.3) is 0 Å². The fourth-order valence-corrected chi connectivity index (χ4v) is 3.37. The van der Waals surface area contributed by atoms with E-state index in [4.69, 9.17) is 20.3 Å². The van der Waals surface area contributed by atoms with Crippen LogP contribution in [-0.4, -0.2) is 48.9 Å². The maximum atomic E-state index is 15.6. The summed E-state index contributed by atoms with van der Waals surface area (Å²) in [5, 5.41) is 9.02. The summed E-state index contributed by atoms with van der Waals surface area (Å²) in [5.74, 6) is 0. The molecule has 2 fully saturated rings. The molecular weight excluding hydrogens is 344 g/mol. The molecule has 0 aromatic heterocycles. The molecule has 2 heterocycles. The van der Waals surface area contributed by atoms with Crippen LogP contribution in [-0.2, 0) is 9.31 Å². The molecule has 2 N–H and O–H groups in total. The molecule has 1 unspecified atom stereocenters. The second-order valence-corrected chi connectivity index (χ2v) is 8.39. The summed E-state index contributed by atoms with van der Waals surface area (Å²) in [7, 11) is -1.04. The van der Waals surface area contributed by atoms with Crippen LogP contribution < -0.4 is 5.73 Å². The Bertz CT molecular complexity index is 754. The summed E-state index contributed by atoms with van der Waals surface area (Å²) >= 11 is 0. The van der Waals surface area contributed by atoms with Crippen molar-refractivity contribution in [3.05, 3.63) is 41.1 Å². The van der Waals surface area contributed by atoms with Gasteiger partial charge in [-0.1, -0.05) is 12.1 Å². The van der Waals surface area contributed by atoms with Crippen molar-refractivity contribution in [1.29, 1.82) is 5.26 Å². The van der Waals surface area contributed by atoms with Crippen LogP contribution in [0, 0.1) is 11.3 Å². The van der Waals surface area contributed by atoms with E-state index in [-0.39, 0.29) is 6.04 Å². The smallest absolute Gasteiger partial charge is 0.398 e. The number of halogens is 1. The Morgan fingerprint density at radius 2 is 1.85 bits per heavy atom. The molecule has 144 valence electrons. The molecule has 2 saturated heterocycles. The molecule has 0 amide bonds. The summed E-state index contributed by atoms with van der Waals surface area (Å²) in [6.45, 7) is 9.61. The zero-order valence-corrected chi connectivity index (χ0v) is 16.5. The highest BCUT2D eigenvalue weighted by atomic mass is 19.1. The Kier molecular flexibility index (Phi) is 5.46. The molecule has 27 heavy (non-hydrogen) atoms. The molecule has 2 aliphatic heterocycles. The van der Waals surface area contributed by atoms with Crippen molar-refractivity contribution in [1.82, 2.24) is 4.90 Å². The van der Waals surface area contributed by atoms with E-state index in [1.807, 2.05) is 27.7 Å². The van der Waals surface area contributed by atoms with Crippen LogP contribution in [0.1, 0.15) is 45.2 Å². The van der Waals surface area contributed by atoms with Gasteiger partial charge in [0.2, 0.25) is 0 Å². The van der Waals surface area contributed by atoms with Crippen molar-refractivity contribution < 1.29 is 13.7 Å². The molecule has 0 saturated carbocycles. The maximum Gasteiger partial charge on any atom is 0.525 e. The second-order valence-electron chi connectivity index (χ2n) is 8.39. The van der Waals surface area contributed by atoms with Crippen molar-refractivity contribution in [3.63, 3.8) is 0 Å². The average molecular weight is 371 g/mol. The first-order valence-corrected chi connectivity index (χ1v) is 9.35. The van der Waals surface area contributed by atoms with Crippen molar-refractivity contribution in [3.8, 4) is 6.07 Å². The Morgan fingerprint density at radius 1 is 1.26 bits per heavy atom. The molecule has 1 aromatic rings. The number of nitrogens with zero attached hydrogens (tertiary/aromatic N) is 2. The number of rotatable bonds is 4. The van der Waals surface area contributed by atoms with Crippen molar-refractivity contribution >= 4 is 12.7 Å². The van der Waals surface area contributed by atoms with E-state index >= 15 is 4.39 Å². The minimum Gasteiger partial charge on any atom is -0.398 e. The monoisotopic (exact) mass is 371 g/mol. The highest BCUT2D eigenvalue weighted by Crippen LogP contribution is 2.40. The minimum atomic E-state index is -1.04. The highest BCUT2D eigenvalue weighted by Gasteiger charge is 2.53. The van der Waals surface area contributed by atoms with Crippen LogP contribution in [0.4, 0.5) is 4.39 Å². The van der Waals surface area contributed by atoms with Crippen LogP contribution in [0.2, 0.25) is 0 Å². The van der Waals surface area contributed by atoms with Gasteiger partial charge >= 0.3 is 7.12 Å². The van der Waals surface area contributed by atoms with Gasteiger partial charge in [0.05, 0.1) is 22.8 Å². The molecule has 1 aromatic carbocycles. The van der Waals surface area contributed by atoms with E-state index < -0.39 is 24.0 Å². The van der Waals surface area contributed by atoms with E-state index in [0.717, 1.165) is 25.1 Å². The minimum absolute atomic E-state index is 0.118. The van der Waals surface area contributed by atoms with Crippen molar-refractivity contribution in [2.75, 3.05) is 19.6 Å². The molecule has 7 heteroatoms. The Labute approximate surface area is 161 Å². The summed E-state index contributed by atoms with van der Waals surface area (Å²) < 4.78 is 27.4. The Hall–Kier alpha value is -1.72. The second kappa shape index (κ2) is 7.36. The lowest BCUT2D eigenvalue weighted by Gasteiger charge is -2.32. The van der Waals surface area contributed by atoms with E-state index in [0.29, 0.717) is 17.7 Å². The molecule has 0 bridgehead atoms. The third kappa shape index (κ3) is 4.09. The van der Waals surface area contributed by atoms with Gasteiger partial charge in [0, 0.05) is 31.2 Å².